The Bertz CT molecular complexity index is 610. The van der Waals surface area contributed by atoms with Crippen molar-refractivity contribution in [1.29, 1.82) is 0 Å². The third-order valence-electron chi connectivity index (χ3n) is 4.31. The summed E-state index contributed by atoms with van der Waals surface area (Å²) in [5.41, 5.74) is 3.43. The van der Waals surface area contributed by atoms with Crippen LogP contribution in [0.15, 0.2) is 30.5 Å². The fourth-order valence-electron chi connectivity index (χ4n) is 2.79. The van der Waals surface area contributed by atoms with E-state index in [1.165, 1.54) is 18.4 Å². The zero-order valence-electron chi connectivity index (χ0n) is 15.9. The molecular formula is C20H31N3O2. The van der Waals surface area contributed by atoms with Crippen molar-refractivity contribution in [2.24, 2.45) is 0 Å². The number of methoxy groups -OCH3 is 1. The van der Waals surface area contributed by atoms with Gasteiger partial charge in [-0.2, -0.15) is 5.10 Å². The lowest BCUT2D eigenvalue weighted by atomic mass is 10.1. The van der Waals surface area contributed by atoms with Gasteiger partial charge in [0.05, 0.1) is 18.5 Å². The van der Waals surface area contributed by atoms with Crippen LogP contribution >= 0.6 is 0 Å². The molecule has 5 heteroatoms. The smallest absolute Gasteiger partial charge is 0.122 e. The Morgan fingerprint density at radius 3 is 2.60 bits per heavy atom. The van der Waals surface area contributed by atoms with E-state index in [2.05, 4.69) is 48.1 Å². The van der Waals surface area contributed by atoms with Gasteiger partial charge in [0.25, 0.3) is 0 Å². The molecule has 0 spiro atoms. The number of nitrogens with zero attached hydrogens (tertiary/aromatic N) is 2. The lowest BCUT2D eigenvalue weighted by molar-refractivity contribution is 0.0788. The number of rotatable bonds is 11. The molecule has 2 rings (SSSR count). The van der Waals surface area contributed by atoms with Crippen LogP contribution in [0.1, 0.15) is 38.7 Å². The second kappa shape index (κ2) is 10.2. The number of benzene rings is 1. The summed E-state index contributed by atoms with van der Waals surface area (Å²) in [6.45, 7) is 6.93. The average molecular weight is 345 g/mol. The first-order valence-corrected chi connectivity index (χ1v) is 9.14. The Balaban J connectivity index is 2.04. The van der Waals surface area contributed by atoms with Gasteiger partial charge >= 0.3 is 0 Å². The van der Waals surface area contributed by atoms with E-state index in [1.54, 1.807) is 7.11 Å². The highest BCUT2D eigenvalue weighted by Gasteiger charge is 2.11. The van der Waals surface area contributed by atoms with Gasteiger partial charge in [-0.1, -0.05) is 20.3 Å². The van der Waals surface area contributed by atoms with Crippen molar-refractivity contribution in [3.8, 4) is 17.0 Å². The monoisotopic (exact) mass is 345 g/mol. The third kappa shape index (κ3) is 5.87. The number of H-pyrrole nitrogens is 1. The number of unbranched alkanes of at least 4 members (excludes halogenated alkanes) is 1. The molecule has 0 aliphatic rings. The first-order valence-electron chi connectivity index (χ1n) is 9.14. The van der Waals surface area contributed by atoms with Gasteiger partial charge in [0, 0.05) is 24.8 Å². The van der Waals surface area contributed by atoms with Crippen LogP contribution in [0.25, 0.3) is 11.3 Å². The maximum atomic E-state index is 5.96. The molecule has 0 saturated carbocycles. The second-order valence-corrected chi connectivity index (χ2v) is 6.49. The topological polar surface area (TPSA) is 50.4 Å². The zero-order valence-corrected chi connectivity index (χ0v) is 15.9. The maximum absolute atomic E-state index is 5.96. The van der Waals surface area contributed by atoms with Gasteiger partial charge in [-0.15, -0.1) is 0 Å². The minimum Gasteiger partial charge on any atom is -0.488 e. The van der Waals surface area contributed by atoms with Crippen molar-refractivity contribution >= 4 is 0 Å². The van der Waals surface area contributed by atoms with Crippen molar-refractivity contribution < 1.29 is 9.47 Å². The third-order valence-corrected chi connectivity index (χ3v) is 4.31. The summed E-state index contributed by atoms with van der Waals surface area (Å²) in [4.78, 5) is 2.34. The Hall–Kier alpha value is -1.85. The summed E-state index contributed by atoms with van der Waals surface area (Å²) in [6, 6.07) is 8.19. The first kappa shape index (κ1) is 19.5. The molecule has 0 aliphatic heterocycles. The zero-order chi connectivity index (χ0) is 18.1. The molecule has 0 saturated heterocycles. The van der Waals surface area contributed by atoms with E-state index < -0.39 is 0 Å². The fraction of sp³-hybridized carbons (Fsp3) is 0.550. The van der Waals surface area contributed by atoms with Gasteiger partial charge in [-0.25, -0.2) is 0 Å². The van der Waals surface area contributed by atoms with Crippen LogP contribution in [0.5, 0.6) is 5.75 Å². The van der Waals surface area contributed by atoms with Crippen LogP contribution < -0.4 is 4.74 Å². The second-order valence-electron chi connectivity index (χ2n) is 6.49. The van der Waals surface area contributed by atoms with E-state index in [0.717, 1.165) is 36.5 Å². The van der Waals surface area contributed by atoms with Gasteiger partial charge in [-0.05, 0) is 50.7 Å². The van der Waals surface area contributed by atoms with E-state index >= 15 is 0 Å². The summed E-state index contributed by atoms with van der Waals surface area (Å²) in [6.07, 6.45) is 5.37. The molecule has 1 atom stereocenters. The summed E-state index contributed by atoms with van der Waals surface area (Å²) in [7, 11) is 3.86. The summed E-state index contributed by atoms with van der Waals surface area (Å²) < 4.78 is 11.1. The molecule has 25 heavy (non-hydrogen) atoms. The van der Waals surface area contributed by atoms with Crippen LogP contribution in [-0.4, -0.2) is 48.5 Å². The Morgan fingerprint density at radius 2 is 1.96 bits per heavy atom. The average Bonchev–Trinajstić information content (AvgIpc) is 3.08. The van der Waals surface area contributed by atoms with Crippen molar-refractivity contribution in [1.82, 2.24) is 15.1 Å². The van der Waals surface area contributed by atoms with E-state index in [4.69, 9.17) is 9.47 Å². The summed E-state index contributed by atoms with van der Waals surface area (Å²) in [5.74, 6) is 0.869. The molecular weight excluding hydrogens is 314 g/mol. The highest BCUT2D eigenvalue weighted by Crippen LogP contribution is 2.25. The van der Waals surface area contributed by atoms with Crippen molar-refractivity contribution in [2.75, 3.05) is 27.3 Å². The van der Waals surface area contributed by atoms with Crippen LogP contribution in [0, 0.1) is 0 Å². The highest BCUT2D eigenvalue weighted by atomic mass is 16.5. The van der Waals surface area contributed by atoms with E-state index in [1.807, 2.05) is 18.3 Å². The van der Waals surface area contributed by atoms with Crippen LogP contribution in [0.4, 0.5) is 0 Å². The lowest BCUT2D eigenvalue weighted by Crippen LogP contribution is -2.21. The van der Waals surface area contributed by atoms with Crippen LogP contribution in [-0.2, 0) is 11.3 Å². The number of aromatic nitrogens is 2. The lowest BCUT2D eigenvalue weighted by Gasteiger charge is -2.17. The molecule has 1 heterocycles. The molecule has 0 radical (unpaired) electrons. The quantitative estimate of drug-likeness (QED) is 0.666. The van der Waals surface area contributed by atoms with Crippen molar-refractivity contribution in [2.45, 2.75) is 45.8 Å². The Morgan fingerprint density at radius 1 is 1.20 bits per heavy atom. The van der Waals surface area contributed by atoms with Crippen LogP contribution in [0.3, 0.4) is 0 Å². The fourth-order valence-corrected chi connectivity index (χ4v) is 2.79. The van der Waals surface area contributed by atoms with Gasteiger partial charge in [-0.3, -0.25) is 5.10 Å². The predicted octanol–water partition coefficient (Wildman–Crippen LogP) is 4.11. The summed E-state index contributed by atoms with van der Waals surface area (Å²) in [5, 5.41) is 7.38. The molecule has 2 aromatic rings. The molecule has 5 nitrogen and oxygen atoms in total. The molecule has 1 unspecified atom stereocenters. The Kier molecular flexibility index (Phi) is 7.95. The highest BCUT2D eigenvalue weighted by molar-refractivity contribution is 5.63. The van der Waals surface area contributed by atoms with Gasteiger partial charge in [0.2, 0.25) is 0 Å². The molecule has 1 aromatic carbocycles. The number of nitrogens with one attached hydrogen (secondary N) is 1. The van der Waals surface area contributed by atoms with Gasteiger partial charge in [0.1, 0.15) is 11.9 Å². The van der Waals surface area contributed by atoms with Gasteiger partial charge in [0.15, 0.2) is 0 Å². The molecule has 1 N–H and O–H groups in total. The largest absolute Gasteiger partial charge is 0.488 e. The van der Waals surface area contributed by atoms with Crippen molar-refractivity contribution in [3.63, 3.8) is 0 Å². The molecule has 0 fully saturated rings. The van der Waals surface area contributed by atoms with E-state index in [0.29, 0.717) is 6.61 Å². The predicted molar refractivity (Wildman–Crippen MR) is 102 cm³/mol. The minimum atomic E-state index is 0.0887. The number of aromatic amines is 1. The van der Waals surface area contributed by atoms with E-state index in [-0.39, 0.29) is 6.10 Å². The molecule has 138 valence electrons. The molecule has 0 bridgehead atoms. The number of hydrogen-bond acceptors (Lipinski definition) is 4. The van der Waals surface area contributed by atoms with Gasteiger partial charge < -0.3 is 14.4 Å². The standard InChI is InChI=1S/C20H31N3O2/c1-5-7-12-23(3)14-17-13-21-22-20(17)16-8-10-19(11-9-16)25-18(6-2)15-24-4/h8-11,13,18H,5-7,12,14-15H2,1-4H3,(H,21,22). The normalized spacial score (nSPS) is 12.5. The summed E-state index contributed by atoms with van der Waals surface area (Å²) >= 11 is 0. The maximum Gasteiger partial charge on any atom is 0.122 e. The SMILES string of the molecule is CCCCN(C)Cc1cn[nH]c1-c1ccc(OC(CC)COC)cc1. The molecule has 0 aliphatic carbocycles. The molecule has 0 amide bonds. The van der Waals surface area contributed by atoms with Crippen LogP contribution in [0.2, 0.25) is 0 Å². The number of hydrogen-bond donors (Lipinski definition) is 1. The first-order chi connectivity index (χ1) is 12.2. The number of ether oxygens (including phenoxy) is 2. The molecule has 1 aromatic heterocycles. The van der Waals surface area contributed by atoms with Crippen molar-refractivity contribution in [3.05, 3.63) is 36.0 Å². The minimum absolute atomic E-state index is 0.0887. The van der Waals surface area contributed by atoms with E-state index in [9.17, 15) is 0 Å². The Labute approximate surface area is 151 Å².